The highest BCUT2D eigenvalue weighted by molar-refractivity contribution is 5.87. The van der Waals surface area contributed by atoms with Crippen LogP contribution in [0, 0.1) is 0 Å². The molecule has 0 spiro atoms. The highest BCUT2D eigenvalue weighted by Crippen LogP contribution is 2.17. The molecule has 0 radical (unpaired) electrons. The second-order valence-electron chi connectivity index (χ2n) is 5.24. The SMILES string of the molecule is NC(=O)N[C@@H](Cc1ccccc1)C(=O)NC1CCCC1. The summed E-state index contributed by atoms with van der Waals surface area (Å²) in [6.45, 7) is 0. The van der Waals surface area contributed by atoms with Crippen molar-refractivity contribution in [1.29, 1.82) is 0 Å². The molecule has 0 heterocycles. The van der Waals surface area contributed by atoms with E-state index in [1.165, 1.54) is 0 Å². The van der Waals surface area contributed by atoms with Crippen LogP contribution in [0.2, 0.25) is 0 Å². The Kier molecular flexibility index (Phi) is 4.98. The molecule has 1 aromatic rings. The van der Waals surface area contributed by atoms with Crippen LogP contribution in [-0.2, 0) is 11.2 Å². The van der Waals surface area contributed by atoms with Crippen LogP contribution < -0.4 is 16.4 Å². The van der Waals surface area contributed by atoms with Crippen molar-refractivity contribution in [2.24, 2.45) is 5.73 Å². The molecule has 5 nitrogen and oxygen atoms in total. The molecule has 5 heteroatoms. The van der Waals surface area contributed by atoms with Gasteiger partial charge in [0.05, 0.1) is 0 Å². The van der Waals surface area contributed by atoms with Gasteiger partial charge in [-0.15, -0.1) is 0 Å². The summed E-state index contributed by atoms with van der Waals surface area (Å²) in [6.07, 6.45) is 4.78. The summed E-state index contributed by atoms with van der Waals surface area (Å²) < 4.78 is 0. The summed E-state index contributed by atoms with van der Waals surface area (Å²) >= 11 is 0. The van der Waals surface area contributed by atoms with Crippen molar-refractivity contribution in [3.8, 4) is 0 Å². The summed E-state index contributed by atoms with van der Waals surface area (Å²) in [4.78, 5) is 23.3. The van der Waals surface area contributed by atoms with Crippen molar-refractivity contribution in [1.82, 2.24) is 10.6 Å². The average Bonchev–Trinajstić information content (AvgIpc) is 2.91. The fourth-order valence-corrected chi connectivity index (χ4v) is 2.60. The Hall–Kier alpha value is -2.04. The fourth-order valence-electron chi connectivity index (χ4n) is 2.60. The van der Waals surface area contributed by atoms with Gasteiger partial charge in [-0.2, -0.15) is 0 Å². The number of hydrogen-bond acceptors (Lipinski definition) is 2. The monoisotopic (exact) mass is 275 g/mol. The van der Waals surface area contributed by atoms with Gasteiger partial charge in [-0.3, -0.25) is 4.79 Å². The van der Waals surface area contributed by atoms with Crippen LogP contribution in [-0.4, -0.2) is 24.0 Å². The summed E-state index contributed by atoms with van der Waals surface area (Å²) in [5.41, 5.74) is 6.16. The third kappa shape index (κ3) is 4.26. The number of amides is 3. The van der Waals surface area contributed by atoms with E-state index in [-0.39, 0.29) is 11.9 Å². The van der Waals surface area contributed by atoms with E-state index < -0.39 is 12.1 Å². The average molecular weight is 275 g/mol. The van der Waals surface area contributed by atoms with Gasteiger partial charge < -0.3 is 16.4 Å². The minimum absolute atomic E-state index is 0.153. The number of primary amides is 1. The molecule has 2 rings (SSSR count). The molecule has 0 aromatic heterocycles. The van der Waals surface area contributed by atoms with E-state index >= 15 is 0 Å². The number of carbonyl (C=O) groups is 2. The van der Waals surface area contributed by atoms with Crippen LogP contribution in [0.3, 0.4) is 0 Å². The fraction of sp³-hybridized carbons (Fsp3) is 0.467. The Bertz CT molecular complexity index is 455. The van der Waals surface area contributed by atoms with Gasteiger partial charge in [0, 0.05) is 12.5 Å². The second-order valence-corrected chi connectivity index (χ2v) is 5.24. The lowest BCUT2D eigenvalue weighted by Crippen LogP contribution is -2.51. The maximum atomic E-state index is 12.3. The predicted molar refractivity (Wildman–Crippen MR) is 77.1 cm³/mol. The Morgan fingerprint density at radius 3 is 2.45 bits per heavy atom. The van der Waals surface area contributed by atoms with E-state index in [4.69, 9.17) is 5.73 Å². The van der Waals surface area contributed by atoms with Crippen LogP contribution in [0.25, 0.3) is 0 Å². The number of carbonyl (C=O) groups excluding carboxylic acids is 2. The minimum Gasteiger partial charge on any atom is -0.352 e. The van der Waals surface area contributed by atoms with E-state index in [1.54, 1.807) is 0 Å². The van der Waals surface area contributed by atoms with Crippen molar-refractivity contribution >= 4 is 11.9 Å². The number of urea groups is 1. The van der Waals surface area contributed by atoms with Gasteiger partial charge in [0.15, 0.2) is 0 Å². The molecule has 0 unspecified atom stereocenters. The number of rotatable bonds is 5. The molecule has 0 bridgehead atoms. The van der Waals surface area contributed by atoms with Crippen LogP contribution in [0.15, 0.2) is 30.3 Å². The first-order chi connectivity index (χ1) is 9.65. The maximum absolute atomic E-state index is 12.3. The van der Waals surface area contributed by atoms with Crippen molar-refractivity contribution in [3.63, 3.8) is 0 Å². The molecule has 4 N–H and O–H groups in total. The highest BCUT2D eigenvalue weighted by atomic mass is 16.2. The smallest absolute Gasteiger partial charge is 0.312 e. The Morgan fingerprint density at radius 2 is 1.85 bits per heavy atom. The van der Waals surface area contributed by atoms with Gasteiger partial charge in [-0.05, 0) is 18.4 Å². The van der Waals surface area contributed by atoms with Gasteiger partial charge in [0.2, 0.25) is 5.91 Å². The molecule has 1 fully saturated rings. The zero-order chi connectivity index (χ0) is 14.4. The number of nitrogens with two attached hydrogens (primary N) is 1. The number of nitrogens with one attached hydrogen (secondary N) is 2. The Labute approximate surface area is 118 Å². The van der Waals surface area contributed by atoms with Crippen LogP contribution >= 0.6 is 0 Å². The normalized spacial score (nSPS) is 16.6. The maximum Gasteiger partial charge on any atom is 0.312 e. The summed E-state index contributed by atoms with van der Waals surface area (Å²) in [5.74, 6) is -0.153. The Morgan fingerprint density at radius 1 is 1.20 bits per heavy atom. The highest BCUT2D eigenvalue weighted by Gasteiger charge is 2.24. The first-order valence-electron chi connectivity index (χ1n) is 7.05. The van der Waals surface area contributed by atoms with Gasteiger partial charge >= 0.3 is 6.03 Å². The molecule has 3 amide bonds. The Balaban J connectivity index is 1.98. The van der Waals surface area contributed by atoms with Crippen molar-refractivity contribution in [2.45, 2.75) is 44.2 Å². The molecular weight excluding hydrogens is 254 g/mol. The van der Waals surface area contributed by atoms with Gasteiger partial charge in [0.1, 0.15) is 6.04 Å². The third-order valence-corrected chi connectivity index (χ3v) is 3.62. The van der Waals surface area contributed by atoms with Crippen LogP contribution in [0.1, 0.15) is 31.2 Å². The molecule has 20 heavy (non-hydrogen) atoms. The zero-order valence-corrected chi connectivity index (χ0v) is 11.5. The molecular formula is C15H21N3O2. The van der Waals surface area contributed by atoms with Gasteiger partial charge in [0.25, 0.3) is 0 Å². The lowest BCUT2D eigenvalue weighted by Gasteiger charge is -2.20. The third-order valence-electron chi connectivity index (χ3n) is 3.62. The first-order valence-corrected chi connectivity index (χ1v) is 7.05. The van der Waals surface area contributed by atoms with Gasteiger partial charge in [-0.1, -0.05) is 43.2 Å². The van der Waals surface area contributed by atoms with Gasteiger partial charge in [-0.25, -0.2) is 4.79 Å². The van der Waals surface area contributed by atoms with Crippen molar-refractivity contribution in [3.05, 3.63) is 35.9 Å². The largest absolute Gasteiger partial charge is 0.352 e. The zero-order valence-electron chi connectivity index (χ0n) is 11.5. The molecule has 1 aromatic carbocycles. The lowest BCUT2D eigenvalue weighted by atomic mass is 10.0. The van der Waals surface area contributed by atoms with E-state index in [0.29, 0.717) is 6.42 Å². The molecule has 1 aliphatic carbocycles. The molecule has 1 aliphatic rings. The molecule has 0 aliphatic heterocycles. The van der Waals surface area contributed by atoms with E-state index in [1.807, 2.05) is 30.3 Å². The molecule has 1 atom stereocenters. The van der Waals surface area contributed by atoms with Crippen LogP contribution in [0.4, 0.5) is 4.79 Å². The summed E-state index contributed by atoms with van der Waals surface area (Å²) in [5, 5.41) is 5.52. The first kappa shape index (κ1) is 14.4. The molecule has 0 saturated heterocycles. The minimum atomic E-state index is -0.674. The van der Waals surface area contributed by atoms with Crippen molar-refractivity contribution in [2.75, 3.05) is 0 Å². The second kappa shape index (κ2) is 6.93. The summed E-state index contributed by atoms with van der Waals surface area (Å²) in [6, 6.07) is 8.53. The van der Waals surface area contributed by atoms with E-state index in [0.717, 1.165) is 31.2 Å². The quantitative estimate of drug-likeness (QED) is 0.757. The lowest BCUT2D eigenvalue weighted by molar-refractivity contribution is -0.123. The molecule has 1 saturated carbocycles. The standard InChI is InChI=1S/C15H21N3O2/c16-15(20)18-13(10-11-6-2-1-3-7-11)14(19)17-12-8-4-5-9-12/h1-3,6-7,12-13H,4-5,8-10H2,(H,17,19)(H3,16,18,20)/t13-/m0/s1. The number of benzene rings is 1. The molecule has 108 valence electrons. The van der Waals surface area contributed by atoms with Crippen molar-refractivity contribution < 1.29 is 9.59 Å². The van der Waals surface area contributed by atoms with E-state index in [9.17, 15) is 9.59 Å². The topological polar surface area (TPSA) is 84.2 Å². The summed E-state index contributed by atoms with van der Waals surface area (Å²) in [7, 11) is 0. The predicted octanol–water partition coefficient (Wildman–Crippen LogP) is 1.32. The number of hydrogen-bond donors (Lipinski definition) is 3. The van der Waals surface area contributed by atoms with Crippen LogP contribution in [0.5, 0.6) is 0 Å². The van der Waals surface area contributed by atoms with E-state index in [2.05, 4.69) is 10.6 Å².